The lowest BCUT2D eigenvalue weighted by molar-refractivity contribution is -0.172. The maximum absolute atomic E-state index is 14.3. The van der Waals surface area contributed by atoms with Crippen molar-refractivity contribution in [2.45, 2.75) is 58.8 Å². The molecule has 6 nitrogen and oxygen atoms in total. The Bertz CT molecular complexity index is 1340. The van der Waals surface area contributed by atoms with E-state index in [1.807, 2.05) is 6.07 Å². The van der Waals surface area contributed by atoms with Crippen LogP contribution in [0.4, 0.5) is 4.39 Å². The molecule has 7 heteroatoms. The lowest BCUT2D eigenvalue weighted by Gasteiger charge is -2.31. The summed E-state index contributed by atoms with van der Waals surface area (Å²) in [5.74, 6) is -1.08. The highest BCUT2D eigenvalue weighted by Gasteiger charge is 2.45. The number of carbonyl (C=O) groups is 1. The summed E-state index contributed by atoms with van der Waals surface area (Å²) in [7, 11) is 0. The van der Waals surface area contributed by atoms with Crippen molar-refractivity contribution < 1.29 is 19.0 Å². The molecule has 3 aromatic rings. The first-order valence-corrected chi connectivity index (χ1v) is 10.6. The molecule has 0 fully saturated rings. The second kappa shape index (κ2) is 6.72. The first-order chi connectivity index (χ1) is 14.8. The molecule has 0 bridgehead atoms. The van der Waals surface area contributed by atoms with Crippen molar-refractivity contribution >= 4 is 16.9 Å². The first kappa shape index (κ1) is 19.9. The van der Waals surface area contributed by atoms with Crippen LogP contribution in [-0.2, 0) is 34.7 Å². The zero-order chi connectivity index (χ0) is 22.1. The summed E-state index contributed by atoms with van der Waals surface area (Å²) in [6.07, 6.45) is 1.75. The van der Waals surface area contributed by atoms with Crippen LogP contribution in [0.1, 0.15) is 54.5 Å². The van der Waals surface area contributed by atoms with Crippen LogP contribution >= 0.6 is 0 Å². The summed E-state index contributed by atoms with van der Waals surface area (Å²) in [4.78, 5) is 30.4. The Kier molecular flexibility index (Phi) is 4.31. The van der Waals surface area contributed by atoms with Gasteiger partial charge in [-0.25, -0.2) is 14.2 Å². The van der Waals surface area contributed by atoms with E-state index >= 15 is 0 Å². The number of hydrogen-bond acceptors (Lipinski definition) is 5. The normalized spacial score (nSPS) is 19.2. The third-order valence-corrected chi connectivity index (χ3v) is 6.59. The van der Waals surface area contributed by atoms with Crippen LogP contribution < -0.4 is 5.56 Å². The van der Waals surface area contributed by atoms with E-state index < -0.39 is 11.6 Å². The first-order valence-electron chi connectivity index (χ1n) is 10.6. The molecule has 2 aliphatic rings. The number of cyclic esters (lactones) is 1. The van der Waals surface area contributed by atoms with Crippen molar-refractivity contribution in [3.05, 3.63) is 62.2 Å². The zero-order valence-electron chi connectivity index (χ0n) is 17.7. The van der Waals surface area contributed by atoms with Crippen LogP contribution in [-0.4, -0.2) is 20.6 Å². The quantitative estimate of drug-likeness (QED) is 0.511. The number of rotatable bonds is 3. The van der Waals surface area contributed by atoms with E-state index in [1.54, 1.807) is 24.5 Å². The SMILES string of the molecule is CCCc1c2c(nc3cc(F)c(C)cc13)-c1cc3c(c(=O)n1C2)COC(=O)[C@]3(O)CC. The fourth-order valence-electron chi connectivity index (χ4n) is 4.83. The Balaban J connectivity index is 1.84. The van der Waals surface area contributed by atoms with Gasteiger partial charge in [0.15, 0.2) is 5.60 Å². The number of carbonyl (C=O) groups excluding carboxylic acids is 1. The molecule has 0 saturated heterocycles. The van der Waals surface area contributed by atoms with Gasteiger partial charge >= 0.3 is 5.97 Å². The van der Waals surface area contributed by atoms with E-state index in [1.165, 1.54) is 6.07 Å². The van der Waals surface area contributed by atoms with Crippen LogP contribution in [0.15, 0.2) is 23.0 Å². The highest BCUT2D eigenvalue weighted by atomic mass is 19.1. The molecule has 160 valence electrons. The highest BCUT2D eigenvalue weighted by Crippen LogP contribution is 2.40. The number of halogens is 1. The number of benzene rings is 1. The monoisotopic (exact) mass is 422 g/mol. The van der Waals surface area contributed by atoms with E-state index in [-0.39, 0.29) is 30.0 Å². The van der Waals surface area contributed by atoms with Crippen LogP contribution in [0, 0.1) is 12.7 Å². The van der Waals surface area contributed by atoms with Crippen molar-refractivity contribution in [1.29, 1.82) is 0 Å². The summed E-state index contributed by atoms with van der Waals surface area (Å²) in [5, 5.41) is 11.9. The van der Waals surface area contributed by atoms with Gasteiger partial charge in [-0.1, -0.05) is 20.3 Å². The highest BCUT2D eigenvalue weighted by molar-refractivity contribution is 5.89. The molecule has 1 N–H and O–H groups in total. The standard InChI is InChI=1S/C24H23FN2O4/c1-4-6-13-14-7-12(3)18(25)9-19(14)26-21-15(13)10-27-20(21)8-17-16(22(27)28)11-31-23(29)24(17,30)5-2/h7-9,30H,4-6,10-11H2,1-3H3/t24-/m0/s1. The predicted molar refractivity (Wildman–Crippen MR) is 113 cm³/mol. The molecular weight excluding hydrogens is 399 g/mol. The van der Waals surface area contributed by atoms with Gasteiger partial charge in [0.25, 0.3) is 5.56 Å². The van der Waals surface area contributed by atoms with Gasteiger partial charge in [-0.3, -0.25) is 4.79 Å². The third-order valence-electron chi connectivity index (χ3n) is 6.59. The van der Waals surface area contributed by atoms with Gasteiger partial charge in [0, 0.05) is 22.6 Å². The Hall–Kier alpha value is -3.06. The molecule has 1 atom stereocenters. The second-order valence-electron chi connectivity index (χ2n) is 8.39. The Morgan fingerprint density at radius 2 is 2.00 bits per heavy atom. The minimum absolute atomic E-state index is 0.0886. The van der Waals surface area contributed by atoms with Crippen molar-refractivity contribution in [1.82, 2.24) is 9.55 Å². The molecule has 0 amide bonds. The number of aliphatic hydroxyl groups is 1. The number of ether oxygens (including phenoxy) is 1. The molecule has 2 aliphatic heterocycles. The minimum Gasteiger partial charge on any atom is -0.458 e. The minimum atomic E-state index is -1.86. The average molecular weight is 422 g/mol. The molecular formula is C24H23FN2O4. The summed E-state index contributed by atoms with van der Waals surface area (Å²) >= 11 is 0. The summed E-state index contributed by atoms with van der Waals surface area (Å²) in [5.41, 5.74) is 2.66. The largest absolute Gasteiger partial charge is 0.458 e. The van der Waals surface area contributed by atoms with E-state index in [2.05, 4.69) is 6.92 Å². The number of nitrogens with zero attached hydrogens (tertiary/aromatic N) is 2. The molecule has 0 aliphatic carbocycles. The van der Waals surface area contributed by atoms with Gasteiger partial charge in [0.2, 0.25) is 0 Å². The molecule has 0 radical (unpaired) electrons. The fourth-order valence-corrected chi connectivity index (χ4v) is 4.83. The number of hydrogen-bond donors (Lipinski definition) is 1. The van der Waals surface area contributed by atoms with Gasteiger partial charge in [-0.15, -0.1) is 0 Å². The topological polar surface area (TPSA) is 81.4 Å². The van der Waals surface area contributed by atoms with Crippen molar-refractivity contribution in [3.63, 3.8) is 0 Å². The van der Waals surface area contributed by atoms with E-state index in [0.29, 0.717) is 34.6 Å². The fraction of sp³-hybridized carbons (Fsp3) is 0.375. The number of aromatic nitrogens is 2. The zero-order valence-corrected chi connectivity index (χ0v) is 17.7. The van der Waals surface area contributed by atoms with E-state index in [9.17, 15) is 19.1 Å². The van der Waals surface area contributed by atoms with Crippen molar-refractivity contribution in [3.8, 4) is 11.4 Å². The third kappa shape index (κ3) is 2.62. The van der Waals surface area contributed by atoms with Gasteiger partial charge in [-0.2, -0.15) is 0 Å². The van der Waals surface area contributed by atoms with Crippen molar-refractivity contribution in [2.24, 2.45) is 0 Å². The molecule has 5 rings (SSSR count). The summed E-state index contributed by atoms with van der Waals surface area (Å²) < 4.78 is 21.1. The molecule has 1 aromatic carbocycles. The number of aryl methyl sites for hydroxylation is 2. The molecule has 0 saturated carbocycles. The lowest BCUT2D eigenvalue weighted by atomic mass is 9.86. The molecule has 0 unspecified atom stereocenters. The second-order valence-corrected chi connectivity index (χ2v) is 8.39. The smallest absolute Gasteiger partial charge is 0.343 e. The average Bonchev–Trinajstić information content (AvgIpc) is 3.11. The van der Waals surface area contributed by atoms with Gasteiger partial charge < -0.3 is 14.4 Å². The summed E-state index contributed by atoms with van der Waals surface area (Å²) in [6.45, 7) is 5.67. The number of pyridine rings is 2. The predicted octanol–water partition coefficient (Wildman–Crippen LogP) is 3.48. The number of fused-ring (bicyclic) bond motifs is 5. The summed E-state index contributed by atoms with van der Waals surface area (Å²) in [6, 6.07) is 4.94. The lowest BCUT2D eigenvalue weighted by Crippen LogP contribution is -2.44. The van der Waals surface area contributed by atoms with Gasteiger partial charge in [-0.05, 0) is 43.0 Å². The molecule has 0 spiro atoms. The maximum atomic E-state index is 14.3. The Morgan fingerprint density at radius 3 is 2.71 bits per heavy atom. The van der Waals surface area contributed by atoms with Crippen LogP contribution in [0.3, 0.4) is 0 Å². The molecule has 31 heavy (non-hydrogen) atoms. The van der Waals surface area contributed by atoms with E-state index in [4.69, 9.17) is 9.72 Å². The molecule has 4 heterocycles. The van der Waals surface area contributed by atoms with E-state index in [0.717, 1.165) is 29.4 Å². The number of esters is 1. The Labute approximate surface area is 178 Å². The molecule has 2 aromatic heterocycles. The van der Waals surface area contributed by atoms with Gasteiger partial charge in [0.1, 0.15) is 12.4 Å². The van der Waals surface area contributed by atoms with Crippen molar-refractivity contribution in [2.75, 3.05) is 0 Å². The Morgan fingerprint density at radius 1 is 1.23 bits per heavy atom. The van der Waals surface area contributed by atoms with Crippen LogP contribution in [0.2, 0.25) is 0 Å². The van der Waals surface area contributed by atoms with Crippen LogP contribution in [0.5, 0.6) is 0 Å². The van der Waals surface area contributed by atoms with Gasteiger partial charge in [0.05, 0.1) is 29.0 Å². The maximum Gasteiger partial charge on any atom is 0.343 e. The van der Waals surface area contributed by atoms with Crippen LogP contribution in [0.25, 0.3) is 22.3 Å².